The van der Waals surface area contributed by atoms with Gasteiger partial charge in [0, 0.05) is 12.8 Å². The molecule has 0 spiro atoms. The van der Waals surface area contributed by atoms with Gasteiger partial charge in [-0.15, -0.1) is 0 Å². The minimum atomic E-state index is -2.65. The first-order chi connectivity index (χ1) is 16.2. The molecule has 3 aromatic carbocycles. The van der Waals surface area contributed by atoms with Crippen LogP contribution in [-0.2, 0) is 28.9 Å². The topological polar surface area (TPSA) is 105 Å². The van der Waals surface area contributed by atoms with Crippen molar-refractivity contribution in [2.45, 2.75) is 49.1 Å². The summed E-state index contributed by atoms with van der Waals surface area (Å²) in [4.78, 5) is 0. The molecule has 1 aliphatic heterocycles. The first kappa shape index (κ1) is 22.2. The summed E-state index contributed by atoms with van der Waals surface area (Å²) >= 11 is 0. The molecule has 1 aliphatic rings. The van der Waals surface area contributed by atoms with Gasteiger partial charge in [0.1, 0.15) is 29.6 Å². The molecule has 0 saturated carbocycles. The molecular weight excluding hydrogens is 418 g/mol. The van der Waals surface area contributed by atoms with Crippen LogP contribution in [0.4, 0.5) is 0 Å². The Bertz CT molecular complexity index is 1050. The van der Waals surface area contributed by atoms with Gasteiger partial charge < -0.3 is 30.5 Å². The maximum Gasteiger partial charge on any atom is 0.131 e. The monoisotopic (exact) mass is 450 g/mol. The second-order valence-corrected chi connectivity index (χ2v) is 8.60. The van der Waals surface area contributed by atoms with Crippen molar-refractivity contribution in [3.05, 3.63) is 108 Å². The van der Waals surface area contributed by atoms with Crippen LogP contribution >= 0.6 is 0 Å². The fourth-order valence-corrected chi connectivity index (χ4v) is 4.57. The summed E-state index contributed by atoms with van der Waals surface area (Å²) in [5.41, 5.74) is 4.19. The van der Waals surface area contributed by atoms with Gasteiger partial charge in [-0.1, -0.05) is 91.0 Å². The van der Waals surface area contributed by atoms with Gasteiger partial charge in [0.05, 0.1) is 14.6 Å². The molecule has 1 saturated heterocycles. The Hall–Kier alpha value is -2.58. The third-order valence-corrected chi connectivity index (χ3v) is 6.30. The highest BCUT2D eigenvalue weighted by Gasteiger charge is 2.66. The first-order valence-electron chi connectivity index (χ1n) is 11.5. The van der Waals surface area contributed by atoms with E-state index in [0.29, 0.717) is 5.56 Å². The summed E-state index contributed by atoms with van der Waals surface area (Å²) in [6.45, 7) is 0.208. The number of ether oxygens (including phenoxy) is 2. The summed E-state index contributed by atoms with van der Waals surface area (Å²) in [5, 5.41) is 34.6. The van der Waals surface area contributed by atoms with E-state index in [9.17, 15) is 15.3 Å². The predicted octanol–water partition coefficient (Wildman–Crippen LogP) is 2.20. The van der Waals surface area contributed by atoms with Gasteiger partial charge in [-0.25, -0.2) is 0 Å². The lowest BCUT2D eigenvalue weighted by atomic mass is 9.71. The third-order valence-electron chi connectivity index (χ3n) is 6.30. The lowest BCUT2D eigenvalue weighted by Crippen LogP contribution is -2.64. The normalized spacial score (nSPS) is 29.4. The van der Waals surface area contributed by atoms with Crippen molar-refractivity contribution in [3.63, 3.8) is 0 Å². The van der Waals surface area contributed by atoms with Gasteiger partial charge in [0.2, 0.25) is 0 Å². The van der Waals surface area contributed by atoms with Crippen molar-refractivity contribution in [1.82, 2.24) is 0 Å². The quantitative estimate of drug-likeness (QED) is 0.373. The van der Waals surface area contributed by atoms with Gasteiger partial charge in [-0.2, -0.15) is 0 Å². The first-order valence-corrected chi connectivity index (χ1v) is 11.0. The molecule has 174 valence electrons. The molecule has 0 radical (unpaired) electrons. The molecule has 0 amide bonds. The van der Waals surface area contributed by atoms with Gasteiger partial charge >= 0.3 is 0 Å². The molecule has 33 heavy (non-hydrogen) atoms. The van der Waals surface area contributed by atoms with Crippen LogP contribution in [0, 0.1) is 0 Å². The van der Waals surface area contributed by atoms with Crippen molar-refractivity contribution in [1.29, 1.82) is 0 Å². The Morgan fingerprint density at radius 2 is 1.27 bits per heavy atom. The van der Waals surface area contributed by atoms with Crippen LogP contribution < -0.4 is 5.73 Å². The van der Waals surface area contributed by atoms with Gasteiger partial charge in [-0.05, 0) is 16.7 Å². The molecule has 6 nitrogen and oxygen atoms in total. The highest BCUT2D eigenvalue weighted by molar-refractivity contribution is 5.28. The number of hydrogen-bond donors (Lipinski definition) is 4. The van der Waals surface area contributed by atoms with Crippen LogP contribution in [0.15, 0.2) is 91.0 Å². The zero-order chi connectivity index (χ0) is 24.2. The zero-order valence-electron chi connectivity index (χ0n) is 19.4. The second-order valence-electron chi connectivity index (χ2n) is 8.60. The van der Waals surface area contributed by atoms with E-state index in [0.717, 1.165) is 11.1 Å². The van der Waals surface area contributed by atoms with Crippen molar-refractivity contribution in [3.8, 4) is 0 Å². The number of hydrogen-bond acceptors (Lipinski definition) is 6. The molecule has 5 atom stereocenters. The lowest BCUT2D eigenvalue weighted by molar-refractivity contribution is -0.158. The number of rotatable bonds is 9. The van der Waals surface area contributed by atoms with E-state index < -0.39 is 29.6 Å². The Morgan fingerprint density at radius 1 is 0.818 bits per heavy atom. The molecule has 2 unspecified atom stereocenters. The van der Waals surface area contributed by atoms with Crippen LogP contribution in [0.3, 0.4) is 0 Å². The van der Waals surface area contributed by atoms with Crippen LogP contribution in [0.2, 0.25) is 0 Å². The molecule has 1 fully saturated rings. The minimum absolute atomic E-state index is 0.0170. The highest BCUT2D eigenvalue weighted by atomic mass is 16.6. The largest absolute Gasteiger partial charge is 0.384 e. The maximum atomic E-state index is 12.1. The van der Waals surface area contributed by atoms with Crippen LogP contribution in [0.25, 0.3) is 0 Å². The lowest BCUT2D eigenvalue weighted by Gasteiger charge is -2.42. The van der Waals surface area contributed by atoms with Crippen molar-refractivity contribution in [2.24, 2.45) is 5.73 Å². The van der Waals surface area contributed by atoms with E-state index in [1.807, 2.05) is 78.9 Å². The highest BCUT2D eigenvalue weighted by Crippen LogP contribution is 2.45. The Labute approximate surface area is 195 Å². The zero-order valence-corrected chi connectivity index (χ0v) is 18.4. The standard InChI is InChI=1S/C27H31NO5/c28-25(29)24-27(31,17-21-12-6-2-7-13-21)26(30,16-20-10-4-1-5-11-20)23(33-24)19-32-18-22-14-8-3-9-15-22/h1-15,23-25,29-31H,16-19,28H2/t23-,24?,25?,26-,27-/m1/s1/i25D. The summed E-state index contributed by atoms with van der Waals surface area (Å²) < 4.78 is 19.9. The summed E-state index contributed by atoms with van der Waals surface area (Å²) in [7, 11) is 0. The fourth-order valence-electron chi connectivity index (χ4n) is 4.57. The second kappa shape index (κ2) is 10.1. The van der Waals surface area contributed by atoms with Crippen molar-refractivity contribution >= 4 is 0 Å². The summed E-state index contributed by atoms with van der Waals surface area (Å²) in [6.07, 6.45) is -5.34. The Kier molecular flexibility index (Phi) is 6.83. The molecule has 1 heterocycles. The molecule has 6 heteroatoms. The van der Waals surface area contributed by atoms with E-state index in [1.165, 1.54) is 0 Å². The summed E-state index contributed by atoms with van der Waals surface area (Å²) in [5.74, 6) is 0. The molecule has 4 rings (SSSR count). The fraction of sp³-hybridized carbons (Fsp3) is 0.333. The van der Waals surface area contributed by atoms with E-state index >= 15 is 0 Å². The minimum Gasteiger partial charge on any atom is -0.384 e. The van der Waals surface area contributed by atoms with Gasteiger partial charge in [0.15, 0.2) is 0 Å². The average Bonchev–Trinajstić information content (AvgIpc) is 3.03. The molecule has 5 N–H and O–H groups in total. The van der Waals surface area contributed by atoms with Crippen LogP contribution in [0.1, 0.15) is 18.1 Å². The predicted molar refractivity (Wildman–Crippen MR) is 125 cm³/mol. The van der Waals surface area contributed by atoms with Gasteiger partial charge in [0.25, 0.3) is 0 Å². The van der Waals surface area contributed by atoms with E-state index in [4.69, 9.17) is 16.6 Å². The molecular formula is C27H31NO5. The van der Waals surface area contributed by atoms with E-state index in [1.54, 1.807) is 12.1 Å². The van der Waals surface area contributed by atoms with Crippen LogP contribution in [-0.4, -0.2) is 51.5 Å². The number of aliphatic hydroxyl groups is 3. The van der Waals surface area contributed by atoms with Crippen LogP contribution in [0.5, 0.6) is 0 Å². The third kappa shape index (κ3) is 5.01. The van der Waals surface area contributed by atoms with E-state index in [-0.39, 0.29) is 26.1 Å². The summed E-state index contributed by atoms with van der Waals surface area (Å²) in [6, 6.07) is 27.9. The Morgan fingerprint density at radius 3 is 1.76 bits per heavy atom. The van der Waals surface area contributed by atoms with Crippen molar-refractivity contribution < 1.29 is 26.2 Å². The van der Waals surface area contributed by atoms with Crippen molar-refractivity contribution in [2.75, 3.05) is 6.61 Å². The SMILES string of the molecule is [2H]C(N)(O)C1O[C@H](COCc2ccccc2)[C@](O)(Cc2ccccc2)[C@@]1(O)Cc1ccccc1. The van der Waals surface area contributed by atoms with Gasteiger partial charge in [-0.3, -0.25) is 0 Å². The molecule has 0 aliphatic carbocycles. The number of benzene rings is 3. The smallest absolute Gasteiger partial charge is 0.131 e. The number of nitrogens with two attached hydrogens (primary N) is 1. The molecule has 3 aromatic rings. The molecule has 0 aromatic heterocycles. The maximum absolute atomic E-state index is 12.1. The van der Waals surface area contributed by atoms with E-state index in [2.05, 4.69) is 0 Å². The average molecular weight is 451 g/mol. The molecule has 0 bridgehead atoms. The Balaban J connectivity index is 1.68.